The van der Waals surface area contributed by atoms with Crippen molar-refractivity contribution in [1.82, 2.24) is 4.90 Å². The Labute approximate surface area is 127 Å². The molecule has 5 heteroatoms. The number of rotatable bonds is 1. The van der Waals surface area contributed by atoms with Crippen LogP contribution in [0.4, 0.5) is 4.79 Å². The first-order chi connectivity index (χ1) is 10.5. The fourth-order valence-corrected chi connectivity index (χ4v) is 2.38. The maximum atomic E-state index is 12.7. The average Bonchev–Trinajstić information content (AvgIpc) is 2.52. The van der Waals surface area contributed by atoms with Crippen molar-refractivity contribution < 1.29 is 19.1 Å². The Morgan fingerprint density at radius 3 is 2.09 bits per heavy atom. The maximum Gasteiger partial charge on any atom is 0.414 e. The van der Waals surface area contributed by atoms with Crippen LogP contribution in [0.15, 0.2) is 42.5 Å². The van der Waals surface area contributed by atoms with E-state index in [4.69, 9.17) is 4.74 Å². The summed E-state index contributed by atoms with van der Waals surface area (Å²) in [5.41, 5.74) is 1.10. The number of ketones is 2. The quantitative estimate of drug-likeness (QED) is 0.692. The van der Waals surface area contributed by atoms with Crippen LogP contribution in [0.25, 0.3) is 0 Å². The topological polar surface area (TPSA) is 63.7 Å². The molecule has 0 heterocycles. The molecule has 0 aliphatic heterocycles. The Bertz CT molecular complexity index is 808. The van der Waals surface area contributed by atoms with Crippen molar-refractivity contribution in [2.24, 2.45) is 0 Å². The molecular formula is C17H13NO4. The summed E-state index contributed by atoms with van der Waals surface area (Å²) in [5.74, 6) is -0.454. The smallest absolute Gasteiger partial charge is 0.409 e. The summed E-state index contributed by atoms with van der Waals surface area (Å²) in [6, 6.07) is 11.3. The summed E-state index contributed by atoms with van der Waals surface area (Å²) < 4.78 is 5.22. The van der Waals surface area contributed by atoms with Gasteiger partial charge in [-0.1, -0.05) is 36.4 Å². The number of ether oxygens (including phenoxy) is 1. The van der Waals surface area contributed by atoms with Gasteiger partial charge in [-0.15, -0.1) is 0 Å². The Balaban J connectivity index is 2.15. The normalized spacial score (nSPS) is 12.5. The molecule has 1 amide bonds. The second-order valence-electron chi connectivity index (χ2n) is 5.14. The van der Waals surface area contributed by atoms with E-state index in [-0.39, 0.29) is 28.4 Å². The van der Waals surface area contributed by atoms with E-state index in [1.807, 2.05) is 0 Å². The Morgan fingerprint density at radius 2 is 1.45 bits per heavy atom. The van der Waals surface area contributed by atoms with Gasteiger partial charge in [-0.05, 0) is 6.07 Å². The lowest BCUT2D eigenvalue weighted by molar-refractivity contribution is 0.0975. The third-order valence-corrected chi connectivity index (χ3v) is 3.48. The molecule has 0 atom stereocenters. The van der Waals surface area contributed by atoms with E-state index in [0.29, 0.717) is 11.1 Å². The van der Waals surface area contributed by atoms with Gasteiger partial charge in [-0.3, -0.25) is 9.59 Å². The van der Waals surface area contributed by atoms with Crippen molar-refractivity contribution in [3.63, 3.8) is 0 Å². The second kappa shape index (κ2) is 5.11. The van der Waals surface area contributed by atoms with Crippen LogP contribution in [-0.4, -0.2) is 36.7 Å². The van der Waals surface area contributed by atoms with Crippen molar-refractivity contribution in [3.05, 3.63) is 64.7 Å². The molecule has 110 valence electrons. The van der Waals surface area contributed by atoms with Gasteiger partial charge in [-0.2, -0.15) is 0 Å². The lowest BCUT2D eigenvalue weighted by Crippen LogP contribution is -2.27. The van der Waals surface area contributed by atoms with Crippen LogP contribution in [0.3, 0.4) is 0 Å². The van der Waals surface area contributed by atoms with Gasteiger partial charge in [0.1, 0.15) is 5.75 Å². The summed E-state index contributed by atoms with van der Waals surface area (Å²) >= 11 is 0. The summed E-state index contributed by atoms with van der Waals surface area (Å²) in [6.45, 7) is 0. The molecule has 2 aromatic carbocycles. The van der Waals surface area contributed by atoms with Gasteiger partial charge in [0.25, 0.3) is 0 Å². The number of carbonyl (C=O) groups is 3. The van der Waals surface area contributed by atoms with E-state index in [0.717, 1.165) is 0 Å². The van der Waals surface area contributed by atoms with Gasteiger partial charge in [0.15, 0.2) is 11.6 Å². The van der Waals surface area contributed by atoms with Crippen LogP contribution >= 0.6 is 0 Å². The first kappa shape index (κ1) is 14.0. The van der Waals surface area contributed by atoms with Gasteiger partial charge < -0.3 is 9.64 Å². The average molecular weight is 295 g/mol. The molecule has 0 saturated carbocycles. The fourth-order valence-electron chi connectivity index (χ4n) is 2.38. The van der Waals surface area contributed by atoms with Gasteiger partial charge in [-0.25, -0.2) is 4.79 Å². The van der Waals surface area contributed by atoms with Crippen LogP contribution in [0, 0.1) is 0 Å². The lowest BCUT2D eigenvalue weighted by Gasteiger charge is -2.20. The van der Waals surface area contributed by atoms with Crippen LogP contribution in [0.5, 0.6) is 5.75 Å². The third kappa shape index (κ3) is 2.07. The number of hydrogen-bond donors (Lipinski definition) is 0. The largest absolute Gasteiger partial charge is 0.414 e. The standard InChI is InChI=1S/C17H13NO4/c1-18(2)17(21)22-13-9-5-8-12-14(13)16(20)11-7-4-3-6-10(11)15(12)19/h3-9H,1-2H3. The zero-order valence-corrected chi connectivity index (χ0v) is 12.1. The van der Waals surface area contributed by atoms with Crippen molar-refractivity contribution in [1.29, 1.82) is 0 Å². The zero-order valence-electron chi connectivity index (χ0n) is 12.1. The zero-order chi connectivity index (χ0) is 15.9. The van der Waals surface area contributed by atoms with Crippen LogP contribution in [-0.2, 0) is 0 Å². The summed E-state index contributed by atoms with van der Waals surface area (Å²) in [6.07, 6.45) is -0.604. The molecule has 0 fully saturated rings. The maximum absolute atomic E-state index is 12.7. The summed E-state index contributed by atoms with van der Waals surface area (Å²) in [5, 5.41) is 0. The molecule has 0 N–H and O–H groups in total. The van der Waals surface area contributed by atoms with E-state index in [1.54, 1.807) is 50.5 Å². The molecule has 2 aromatic rings. The fraction of sp³-hybridized carbons (Fsp3) is 0.118. The second-order valence-corrected chi connectivity index (χ2v) is 5.14. The number of nitrogens with zero attached hydrogens (tertiary/aromatic N) is 1. The molecule has 1 aliphatic rings. The number of amides is 1. The van der Waals surface area contributed by atoms with Crippen LogP contribution in [0.1, 0.15) is 31.8 Å². The van der Waals surface area contributed by atoms with E-state index >= 15 is 0 Å². The van der Waals surface area contributed by atoms with Gasteiger partial charge in [0, 0.05) is 30.8 Å². The minimum Gasteiger partial charge on any atom is -0.409 e. The minimum absolute atomic E-state index is 0.101. The molecule has 22 heavy (non-hydrogen) atoms. The minimum atomic E-state index is -0.604. The van der Waals surface area contributed by atoms with Gasteiger partial charge >= 0.3 is 6.09 Å². The van der Waals surface area contributed by atoms with Crippen LogP contribution < -0.4 is 4.74 Å². The molecule has 0 aromatic heterocycles. The van der Waals surface area contributed by atoms with E-state index in [1.165, 1.54) is 11.0 Å². The Hall–Kier alpha value is -2.95. The molecule has 5 nitrogen and oxygen atoms in total. The highest BCUT2D eigenvalue weighted by molar-refractivity contribution is 6.29. The highest BCUT2D eigenvalue weighted by Crippen LogP contribution is 2.33. The monoisotopic (exact) mass is 295 g/mol. The van der Waals surface area contributed by atoms with Gasteiger partial charge in [0.05, 0.1) is 5.56 Å². The molecule has 0 radical (unpaired) electrons. The number of hydrogen-bond acceptors (Lipinski definition) is 4. The van der Waals surface area contributed by atoms with Crippen molar-refractivity contribution in [3.8, 4) is 5.75 Å². The first-order valence-electron chi connectivity index (χ1n) is 6.71. The van der Waals surface area contributed by atoms with Crippen molar-refractivity contribution in [2.45, 2.75) is 0 Å². The van der Waals surface area contributed by atoms with Crippen LogP contribution in [0.2, 0.25) is 0 Å². The number of fused-ring (bicyclic) bond motifs is 2. The molecular weight excluding hydrogens is 282 g/mol. The molecule has 3 rings (SSSR count). The number of carbonyl (C=O) groups excluding carboxylic acids is 3. The Morgan fingerprint density at radius 1 is 0.864 bits per heavy atom. The first-order valence-corrected chi connectivity index (χ1v) is 6.71. The number of benzene rings is 2. The summed E-state index contributed by atoms with van der Waals surface area (Å²) in [7, 11) is 3.08. The van der Waals surface area contributed by atoms with E-state index in [9.17, 15) is 14.4 Å². The molecule has 0 unspecified atom stereocenters. The van der Waals surface area contributed by atoms with Gasteiger partial charge in [0.2, 0.25) is 0 Å². The predicted octanol–water partition coefficient (Wildman–Crippen LogP) is 2.52. The van der Waals surface area contributed by atoms with E-state index < -0.39 is 6.09 Å². The molecule has 0 spiro atoms. The highest BCUT2D eigenvalue weighted by atomic mass is 16.6. The molecule has 0 saturated heterocycles. The predicted molar refractivity (Wildman–Crippen MR) is 79.5 cm³/mol. The molecule has 1 aliphatic carbocycles. The highest BCUT2D eigenvalue weighted by Gasteiger charge is 2.32. The van der Waals surface area contributed by atoms with E-state index in [2.05, 4.69) is 0 Å². The Kier molecular flexibility index (Phi) is 3.25. The SMILES string of the molecule is CN(C)C(=O)Oc1cccc2c1C(=O)c1ccccc1C2=O. The van der Waals surface area contributed by atoms with Crippen molar-refractivity contribution in [2.75, 3.05) is 14.1 Å². The third-order valence-electron chi connectivity index (χ3n) is 3.48. The molecule has 0 bridgehead atoms. The van der Waals surface area contributed by atoms with Crippen molar-refractivity contribution >= 4 is 17.7 Å². The summed E-state index contributed by atoms with van der Waals surface area (Å²) in [4.78, 5) is 38.2. The lowest BCUT2D eigenvalue weighted by atomic mass is 9.84.